The van der Waals surface area contributed by atoms with E-state index in [1.807, 2.05) is 13.8 Å². The van der Waals surface area contributed by atoms with Gasteiger partial charge in [-0.2, -0.15) is 0 Å². The molecule has 2 heterocycles. The summed E-state index contributed by atoms with van der Waals surface area (Å²) in [7, 11) is 0. The van der Waals surface area contributed by atoms with Gasteiger partial charge in [0.25, 0.3) is 0 Å². The molecule has 5 nitrogen and oxygen atoms in total. The van der Waals surface area contributed by atoms with Crippen molar-refractivity contribution in [3.63, 3.8) is 0 Å². The Labute approximate surface area is 107 Å². The lowest BCUT2D eigenvalue weighted by Gasteiger charge is -2.12. The molecule has 2 atom stereocenters. The second kappa shape index (κ2) is 6.00. The summed E-state index contributed by atoms with van der Waals surface area (Å²) in [6.07, 6.45) is 4.39. The van der Waals surface area contributed by atoms with Crippen LogP contribution < -0.4 is 10.6 Å². The maximum Gasteiger partial charge on any atom is 0.220 e. The molecule has 1 aromatic heterocycles. The molecule has 18 heavy (non-hydrogen) atoms. The van der Waals surface area contributed by atoms with Crippen LogP contribution in [0.4, 0.5) is 0 Å². The summed E-state index contributed by atoms with van der Waals surface area (Å²) >= 11 is 0. The number of carbonyl (C=O) groups excluding carboxylic acids is 1. The zero-order valence-corrected chi connectivity index (χ0v) is 11.0. The zero-order chi connectivity index (χ0) is 13.0. The van der Waals surface area contributed by atoms with E-state index in [0.29, 0.717) is 18.2 Å². The van der Waals surface area contributed by atoms with Crippen LogP contribution in [0.1, 0.15) is 43.9 Å². The van der Waals surface area contributed by atoms with Crippen molar-refractivity contribution >= 4 is 5.91 Å². The van der Waals surface area contributed by atoms with Gasteiger partial charge in [0, 0.05) is 6.42 Å². The largest absolute Gasteiger partial charge is 0.444 e. The predicted molar refractivity (Wildman–Crippen MR) is 68.0 cm³/mol. The number of nitrogens with one attached hydrogen (secondary N) is 2. The number of hydrogen-bond donors (Lipinski definition) is 2. The first-order valence-corrected chi connectivity index (χ1v) is 6.57. The topological polar surface area (TPSA) is 67.2 Å². The average Bonchev–Trinajstić information content (AvgIpc) is 2.97. The van der Waals surface area contributed by atoms with Gasteiger partial charge in [-0.15, -0.1) is 0 Å². The maximum absolute atomic E-state index is 11.8. The summed E-state index contributed by atoms with van der Waals surface area (Å²) in [6, 6.07) is -0.159. The summed E-state index contributed by atoms with van der Waals surface area (Å²) in [5.41, 5.74) is 0. The van der Waals surface area contributed by atoms with Crippen molar-refractivity contribution in [2.75, 3.05) is 13.1 Å². The van der Waals surface area contributed by atoms with Gasteiger partial charge in [-0.25, -0.2) is 4.98 Å². The number of carbonyl (C=O) groups is 1. The minimum Gasteiger partial charge on any atom is -0.444 e. The highest BCUT2D eigenvalue weighted by atomic mass is 16.4. The first-order valence-electron chi connectivity index (χ1n) is 6.57. The van der Waals surface area contributed by atoms with Crippen LogP contribution in [0.15, 0.2) is 10.6 Å². The second-order valence-corrected chi connectivity index (χ2v) is 5.00. The normalized spacial score (nSPS) is 20.9. The van der Waals surface area contributed by atoms with Crippen molar-refractivity contribution < 1.29 is 9.21 Å². The maximum atomic E-state index is 11.8. The molecular formula is C13H21N3O2. The Kier molecular flexibility index (Phi) is 4.36. The summed E-state index contributed by atoms with van der Waals surface area (Å²) < 4.78 is 5.39. The van der Waals surface area contributed by atoms with Crippen molar-refractivity contribution in [1.29, 1.82) is 0 Å². The molecule has 1 fully saturated rings. The smallest absolute Gasteiger partial charge is 0.220 e. The highest BCUT2D eigenvalue weighted by Crippen LogP contribution is 2.16. The van der Waals surface area contributed by atoms with Crippen LogP contribution in [0.5, 0.6) is 0 Å². The Morgan fingerprint density at radius 3 is 3.17 bits per heavy atom. The lowest BCUT2D eigenvalue weighted by atomic mass is 10.0. The third kappa shape index (κ3) is 3.57. The Balaban J connectivity index is 1.73. The van der Waals surface area contributed by atoms with E-state index in [2.05, 4.69) is 15.6 Å². The van der Waals surface area contributed by atoms with Gasteiger partial charge in [0.15, 0.2) is 0 Å². The van der Waals surface area contributed by atoms with Gasteiger partial charge in [-0.05, 0) is 45.7 Å². The van der Waals surface area contributed by atoms with Crippen LogP contribution in [-0.4, -0.2) is 24.0 Å². The molecule has 0 bridgehead atoms. The summed E-state index contributed by atoms with van der Waals surface area (Å²) in [5.74, 6) is 2.06. The molecule has 2 rings (SSSR count). The minimum atomic E-state index is -0.159. The van der Waals surface area contributed by atoms with E-state index in [-0.39, 0.29) is 11.9 Å². The molecule has 100 valence electrons. The quantitative estimate of drug-likeness (QED) is 0.833. The number of aryl methyl sites for hydroxylation is 1. The first-order chi connectivity index (χ1) is 8.65. The molecule has 0 spiro atoms. The second-order valence-electron chi connectivity index (χ2n) is 5.00. The first kappa shape index (κ1) is 13.1. The van der Waals surface area contributed by atoms with Gasteiger partial charge in [0.1, 0.15) is 11.8 Å². The molecule has 1 saturated heterocycles. The number of hydrogen-bond acceptors (Lipinski definition) is 4. The summed E-state index contributed by atoms with van der Waals surface area (Å²) in [4.78, 5) is 15.9. The van der Waals surface area contributed by atoms with E-state index in [4.69, 9.17) is 4.42 Å². The third-order valence-corrected chi connectivity index (χ3v) is 3.33. The molecule has 2 N–H and O–H groups in total. The highest BCUT2D eigenvalue weighted by Gasteiger charge is 2.18. The fourth-order valence-corrected chi connectivity index (χ4v) is 2.24. The Bertz CT molecular complexity index is 397. The van der Waals surface area contributed by atoms with Crippen LogP contribution in [0.25, 0.3) is 0 Å². The lowest BCUT2D eigenvalue weighted by molar-refractivity contribution is -0.122. The van der Waals surface area contributed by atoms with E-state index in [0.717, 1.165) is 25.3 Å². The van der Waals surface area contributed by atoms with E-state index in [9.17, 15) is 4.79 Å². The van der Waals surface area contributed by atoms with Crippen molar-refractivity contribution in [3.8, 4) is 0 Å². The van der Waals surface area contributed by atoms with E-state index in [1.165, 1.54) is 6.42 Å². The van der Waals surface area contributed by atoms with Gasteiger partial charge < -0.3 is 15.1 Å². The standard InChI is InChI=1S/C13H21N3O2/c1-9-7-15-13(18-9)10(2)16-12(17)4-3-11-5-6-14-8-11/h7,10-11,14H,3-6,8H2,1-2H3,(H,16,17). The molecule has 0 aromatic carbocycles. The molecule has 0 radical (unpaired) electrons. The molecule has 1 aliphatic rings. The van der Waals surface area contributed by atoms with Crippen LogP contribution in [0, 0.1) is 12.8 Å². The zero-order valence-electron chi connectivity index (χ0n) is 11.0. The number of aromatic nitrogens is 1. The van der Waals surface area contributed by atoms with Crippen molar-refractivity contribution in [2.45, 2.75) is 39.2 Å². The van der Waals surface area contributed by atoms with Gasteiger partial charge in [0.2, 0.25) is 11.8 Å². The number of amides is 1. The minimum absolute atomic E-state index is 0.0743. The Hall–Kier alpha value is -1.36. The van der Waals surface area contributed by atoms with Crippen molar-refractivity contribution in [1.82, 2.24) is 15.6 Å². The number of rotatable bonds is 5. The number of nitrogens with zero attached hydrogens (tertiary/aromatic N) is 1. The predicted octanol–water partition coefficient (Wildman–Crippen LogP) is 1.55. The molecule has 0 aliphatic carbocycles. The molecule has 2 unspecified atom stereocenters. The van der Waals surface area contributed by atoms with Crippen molar-refractivity contribution in [2.24, 2.45) is 5.92 Å². The van der Waals surface area contributed by atoms with Crippen LogP contribution >= 0.6 is 0 Å². The fourth-order valence-electron chi connectivity index (χ4n) is 2.24. The molecule has 0 saturated carbocycles. The average molecular weight is 251 g/mol. The van der Waals surface area contributed by atoms with E-state index in [1.54, 1.807) is 6.20 Å². The lowest BCUT2D eigenvalue weighted by Crippen LogP contribution is -2.27. The van der Waals surface area contributed by atoms with Gasteiger partial charge >= 0.3 is 0 Å². The fraction of sp³-hybridized carbons (Fsp3) is 0.692. The summed E-state index contributed by atoms with van der Waals surface area (Å²) in [5, 5.41) is 6.23. The van der Waals surface area contributed by atoms with E-state index >= 15 is 0 Å². The summed E-state index contributed by atoms with van der Waals surface area (Å²) in [6.45, 7) is 5.86. The van der Waals surface area contributed by atoms with Gasteiger partial charge in [-0.1, -0.05) is 0 Å². The van der Waals surface area contributed by atoms with Crippen LogP contribution in [0.3, 0.4) is 0 Å². The highest BCUT2D eigenvalue weighted by molar-refractivity contribution is 5.76. The van der Waals surface area contributed by atoms with Gasteiger partial charge in [0.05, 0.1) is 6.20 Å². The van der Waals surface area contributed by atoms with Crippen molar-refractivity contribution in [3.05, 3.63) is 17.8 Å². The monoisotopic (exact) mass is 251 g/mol. The van der Waals surface area contributed by atoms with Crippen LogP contribution in [0.2, 0.25) is 0 Å². The number of oxazole rings is 1. The molecule has 5 heteroatoms. The SMILES string of the molecule is Cc1cnc(C(C)NC(=O)CCC2CCNC2)o1. The molecule has 1 amide bonds. The van der Waals surface area contributed by atoms with Crippen LogP contribution in [-0.2, 0) is 4.79 Å². The van der Waals surface area contributed by atoms with Gasteiger partial charge in [-0.3, -0.25) is 4.79 Å². The third-order valence-electron chi connectivity index (χ3n) is 3.33. The molecule has 1 aliphatic heterocycles. The molecule has 1 aromatic rings. The molecular weight excluding hydrogens is 230 g/mol. The Morgan fingerprint density at radius 2 is 2.56 bits per heavy atom. The Morgan fingerprint density at radius 1 is 1.72 bits per heavy atom. The van der Waals surface area contributed by atoms with E-state index < -0.39 is 0 Å².